The van der Waals surface area contributed by atoms with Crippen molar-refractivity contribution in [1.29, 1.82) is 5.26 Å². The number of fused-ring (bicyclic) bond motifs is 1. The van der Waals surface area contributed by atoms with Crippen molar-refractivity contribution in [3.63, 3.8) is 0 Å². The molecule has 0 amide bonds. The molecule has 1 aliphatic carbocycles. The minimum Gasteiger partial charge on any atom is -0.396 e. The third-order valence-electron chi connectivity index (χ3n) is 3.48. The molecule has 0 saturated heterocycles. The van der Waals surface area contributed by atoms with Crippen molar-refractivity contribution in [3.8, 4) is 6.07 Å². The van der Waals surface area contributed by atoms with Crippen LogP contribution in [-0.4, -0.2) is 22.7 Å². The second-order valence-corrected chi connectivity index (χ2v) is 4.72. The van der Waals surface area contributed by atoms with Gasteiger partial charge in [0.05, 0.1) is 5.56 Å². The van der Waals surface area contributed by atoms with Crippen molar-refractivity contribution in [3.05, 3.63) is 22.9 Å². The maximum atomic E-state index is 9.19. The molecule has 0 saturated carbocycles. The quantitative estimate of drug-likeness (QED) is 0.832. The van der Waals surface area contributed by atoms with Gasteiger partial charge in [0.15, 0.2) is 0 Å². The summed E-state index contributed by atoms with van der Waals surface area (Å²) < 4.78 is 0. The molecule has 0 aliphatic heterocycles. The highest BCUT2D eigenvalue weighted by Gasteiger charge is 2.17. The average molecular weight is 245 g/mol. The molecule has 1 aromatic heterocycles. The first-order chi connectivity index (χ1) is 8.78. The normalized spacial score (nSPS) is 14.9. The van der Waals surface area contributed by atoms with Gasteiger partial charge in [0, 0.05) is 18.3 Å². The summed E-state index contributed by atoms with van der Waals surface area (Å²) in [5.74, 6) is 0.679. The van der Waals surface area contributed by atoms with Gasteiger partial charge in [0.25, 0.3) is 0 Å². The lowest BCUT2D eigenvalue weighted by Crippen LogP contribution is -2.21. The zero-order valence-corrected chi connectivity index (χ0v) is 10.7. The Labute approximate surface area is 108 Å². The van der Waals surface area contributed by atoms with E-state index in [1.165, 1.54) is 5.56 Å². The van der Waals surface area contributed by atoms with Crippen molar-refractivity contribution in [2.45, 2.75) is 45.1 Å². The van der Waals surface area contributed by atoms with E-state index in [0.29, 0.717) is 17.8 Å². The number of aryl methyl sites for hydroxylation is 2. The van der Waals surface area contributed by atoms with E-state index in [1.807, 2.05) is 6.07 Å². The van der Waals surface area contributed by atoms with E-state index in [1.54, 1.807) is 0 Å². The van der Waals surface area contributed by atoms with Gasteiger partial charge in [0.2, 0.25) is 0 Å². The molecule has 0 bridgehead atoms. The first-order valence-electron chi connectivity index (χ1n) is 6.58. The number of aromatic nitrogens is 1. The molecule has 1 atom stereocenters. The fourth-order valence-electron chi connectivity index (χ4n) is 2.39. The Balaban J connectivity index is 2.24. The molecule has 1 heterocycles. The highest BCUT2D eigenvalue weighted by atomic mass is 16.3. The van der Waals surface area contributed by atoms with Gasteiger partial charge in [0.1, 0.15) is 11.9 Å². The molecule has 0 fully saturated rings. The number of pyridine rings is 1. The molecule has 96 valence electrons. The van der Waals surface area contributed by atoms with E-state index < -0.39 is 0 Å². The number of hydrogen-bond donors (Lipinski definition) is 2. The molecule has 18 heavy (non-hydrogen) atoms. The summed E-state index contributed by atoms with van der Waals surface area (Å²) >= 11 is 0. The van der Waals surface area contributed by atoms with Crippen molar-refractivity contribution in [2.75, 3.05) is 11.9 Å². The van der Waals surface area contributed by atoms with Gasteiger partial charge < -0.3 is 10.4 Å². The number of nitrogens with zero attached hydrogens (tertiary/aromatic N) is 2. The fourth-order valence-corrected chi connectivity index (χ4v) is 2.39. The van der Waals surface area contributed by atoms with Crippen LogP contribution in [0.15, 0.2) is 6.07 Å². The summed E-state index contributed by atoms with van der Waals surface area (Å²) in [6.07, 6.45) is 4.76. The Morgan fingerprint density at radius 3 is 3.06 bits per heavy atom. The number of aliphatic hydroxyl groups excluding tert-OH is 1. The van der Waals surface area contributed by atoms with Crippen LogP contribution in [0.4, 0.5) is 5.82 Å². The Hall–Kier alpha value is -1.60. The van der Waals surface area contributed by atoms with Crippen LogP contribution in [0.5, 0.6) is 0 Å². The third-order valence-corrected chi connectivity index (χ3v) is 3.48. The maximum Gasteiger partial charge on any atom is 0.144 e. The van der Waals surface area contributed by atoms with Gasteiger partial charge in [-0.1, -0.05) is 6.92 Å². The summed E-state index contributed by atoms with van der Waals surface area (Å²) in [6.45, 7) is 2.21. The fraction of sp³-hybridized carbons (Fsp3) is 0.571. The van der Waals surface area contributed by atoms with E-state index >= 15 is 0 Å². The average Bonchev–Trinajstić information content (AvgIpc) is 2.84. The Kier molecular flexibility index (Phi) is 4.16. The number of hydrogen-bond acceptors (Lipinski definition) is 4. The van der Waals surface area contributed by atoms with Crippen LogP contribution in [-0.2, 0) is 12.8 Å². The Morgan fingerprint density at radius 2 is 2.39 bits per heavy atom. The summed E-state index contributed by atoms with van der Waals surface area (Å²) in [4.78, 5) is 4.58. The molecule has 0 aromatic carbocycles. The van der Waals surface area contributed by atoms with Crippen molar-refractivity contribution in [2.24, 2.45) is 0 Å². The van der Waals surface area contributed by atoms with Crippen molar-refractivity contribution >= 4 is 5.82 Å². The van der Waals surface area contributed by atoms with Crippen LogP contribution in [0, 0.1) is 11.3 Å². The monoisotopic (exact) mass is 245 g/mol. The predicted molar refractivity (Wildman–Crippen MR) is 70.4 cm³/mol. The summed E-state index contributed by atoms with van der Waals surface area (Å²) in [5.41, 5.74) is 2.95. The second-order valence-electron chi connectivity index (χ2n) is 4.72. The van der Waals surface area contributed by atoms with Gasteiger partial charge >= 0.3 is 0 Å². The number of nitrogens with one attached hydrogen (secondary N) is 1. The molecule has 0 spiro atoms. The van der Waals surface area contributed by atoms with Crippen LogP contribution in [0.2, 0.25) is 0 Å². The van der Waals surface area contributed by atoms with Crippen LogP contribution < -0.4 is 5.32 Å². The SMILES string of the molecule is CCC(CCO)Nc1nc2c(cc1C#N)CCC2. The van der Waals surface area contributed by atoms with Crippen LogP contribution in [0.25, 0.3) is 0 Å². The number of anilines is 1. The van der Waals surface area contributed by atoms with Crippen LogP contribution in [0.3, 0.4) is 0 Å². The number of aliphatic hydroxyl groups is 1. The molecule has 4 nitrogen and oxygen atoms in total. The first kappa shape index (κ1) is 12.8. The third kappa shape index (κ3) is 2.62. The molecule has 1 aromatic rings. The summed E-state index contributed by atoms with van der Waals surface area (Å²) in [7, 11) is 0. The lowest BCUT2D eigenvalue weighted by atomic mass is 10.1. The highest BCUT2D eigenvalue weighted by molar-refractivity contribution is 5.55. The predicted octanol–water partition coefficient (Wildman–Crippen LogP) is 2.01. The van der Waals surface area contributed by atoms with E-state index in [4.69, 9.17) is 5.11 Å². The van der Waals surface area contributed by atoms with Crippen molar-refractivity contribution < 1.29 is 5.11 Å². The molecular formula is C14H19N3O. The first-order valence-corrected chi connectivity index (χ1v) is 6.58. The van der Waals surface area contributed by atoms with Gasteiger partial charge in [-0.2, -0.15) is 5.26 Å². The summed E-state index contributed by atoms with van der Waals surface area (Å²) in [6, 6.07) is 4.35. The zero-order valence-electron chi connectivity index (χ0n) is 10.7. The minimum atomic E-state index is 0.151. The molecule has 1 unspecified atom stereocenters. The maximum absolute atomic E-state index is 9.19. The lowest BCUT2D eigenvalue weighted by molar-refractivity contribution is 0.278. The zero-order chi connectivity index (χ0) is 13.0. The largest absolute Gasteiger partial charge is 0.396 e. The number of rotatable bonds is 5. The van der Waals surface area contributed by atoms with Gasteiger partial charge in [-0.3, -0.25) is 0 Å². The van der Waals surface area contributed by atoms with E-state index in [2.05, 4.69) is 23.3 Å². The number of nitriles is 1. The van der Waals surface area contributed by atoms with Gasteiger partial charge in [-0.25, -0.2) is 4.98 Å². The van der Waals surface area contributed by atoms with Crippen molar-refractivity contribution in [1.82, 2.24) is 4.98 Å². The molecule has 2 N–H and O–H groups in total. The summed E-state index contributed by atoms with van der Waals surface area (Å²) in [5, 5.41) is 21.5. The topological polar surface area (TPSA) is 68.9 Å². The molecule has 0 radical (unpaired) electrons. The second kappa shape index (κ2) is 5.83. The van der Waals surface area contributed by atoms with Crippen LogP contribution in [0.1, 0.15) is 43.0 Å². The van der Waals surface area contributed by atoms with E-state index in [-0.39, 0.29) is 12.6 Å². The molecule has 4 heteroatoms. The Bertz CT molecular complexity index is 465. The van der Waals surface area contributed by atoms with Gasteiger partial charge in [-0.15, -0.1) is 0 Å². The highest BCUT2D eigenvalue weighted by Crippen LogP contribution is 2.25. The molecular weight excluding hydrogens is 226 g/mol. The van der Waals surface area contributed by atoms with E-state index in [9.17, 15) is 5.26 Å². The van der Waals surface area contributed by atoms with Gasteiger partial charge in [-0.05, 0) is 43.7 Å². The smallest absolute Gasteiger partial charge is 0.144 e. The standard InChI is InChI=1S/C14H19N3O/c1-2-12(6-7-18)16-14-11(9-15)8-10-4-3-5-13(10)17-14/h8,12,18H,2-7H2,1H3,(H,16,17). The molecule has 2 rings (SSSR count). The minimum absolute atomic E-state index is 0.151. The lowest BCUT2D eigenvalue weighted by Gasteiger charge is -2.18. The Morgan fingerprint density at radius 1 is 1.56 bits per heavy atom. The van der Waals surface area contributed by atoms with Crippen LogP contribution >= 0.6 is 0 Å². The van der Waals surface area contributed by atoms with E-state index in [0.717, 1.165) is 31.4 Å². The molecule has 1 aliphatic rings.